The minimum atomic E-state index is 0.596. The van der Waals surface area contributed by atoms with E-state index in [0.29, 0.717) is 6.54 Å². The molecule has 1 saturated heterocycles. The van der Waals surface area contributed by atoms with Gasteiger partial charge in [-0.3, -0.25) is 0 Å². The summed E-state index contributed by atoms with van der Waals surface area (Å²) in [5.41, 5.74) is 8.55. The summed E-state index contributed by atoms with van der Waals surface area (Å²) in [7, 11) is 0. The van der Waals surface area contributed by atoms with Gasteiger partial charge in [0.2, 0.25) is 0 Å². The fourth-order valence-electron chi connectivity index (χ4n) is 2.76. The van der Waals surface area contributed by atoms with Gasteiger partial charge in [-0.25, -0.2) is 4.98 Å². The molecule has 6 heteroatoms. The molecule has 2 heterocycles. The van der Waals surface area contributed by atoms with Gasteiger partial charge in [-0.05, 0) is 18.4 Å². The maximum Gasteiger partial charge on any atom is 0.185 e. The van der Waals surface area contributed by atoms with E-state index in [-0.39, 0.29) is 0 Å². The lowest BCUT2D eigenvalue weighted by atomic mass is 10.1. The molecule has 0 atom stereocenters. The molecule has 0 radical (unpaired) electrons. The van der Waals surface area contributed by atoms with Gasteiger partial charge in [0.1, 0.15) is 0 Å². The van der Waals surface area contributed by atoms with E-state index in [1.165, 1.54) is 16.1 Å². The van der Waals surface area contributed by atoms with Gasteiger partial charge in [-0.1, -0.05) is 6.07 Å². The molecule has 1 aliphatic heterocycles. The molecular weight excluding hydrogens is 300 g/mol. The van der Waals surface area contributed by atoms with Crippen LogP contribution < -0.4 is 15.5 Å². The topological polar surface area (TPSA) is 45.4 Å². The van der Waals surface area contributed by atoms with Crippen LogP contribution in [0.15, 0.2) is 34.7 Å². The summed E-state index contributed by atoms with van der Waals surface area (Å²) in [6.07, 6.45) is 3.99. The highest BCUT2D eigenvalue weighted by atomic mass is 32.2. The van der Waals surface area contributed by atoms with Gasteiger partial charge >= 0.3 is 0 Å². The molecular formula is C15H20N4S2. The van der Waals surface area contributed by atoms with Crippen molar-refractivity contribution in [2.45, 2.75) is 11.4 Å². The zero-order chi connectivity index (χ0) is 14.7. The van der Waals surface area contributed by atoms with Crippen molar-refractivity contribution in [1.82, 2.24) is 4.98 Å². The molecule has 1 aromatic heterocycles. The third-order valence-corrected chi connectivity index (χ3v) is 5.50. The molecule has 0 aliphatic carbocycles. The van der Waals surface area contributed by atoms with Crippen molar-refractivity contribution in [2.75, 3.05) is 42.2 Å². The Hall–Kier alpha value is -1.24. The zero-order valence-corrected chi connectivity index (χ0v) is 13.8. The zero-order valence-electron chi connectivity index (χ0n) is 12.2. The molecule has 0 bridgehead atoms. The summed E-state index contributed by atoms with van der Waals surface area (Å²) in [6, 6.07) is 6.48. The molecule has 2 aromatic rings. The molecule has 0 amide bonds. The second-order valence-corrected chi connectivity index (χ2v) is 6.67. The summed E-state index contributed by atoms with van der Waals surface area (Å²) >= 11 is 3.48. The average Bonchev–Trinajstić information content (AvgIpc) is 3.08. The summed E-state index contributed by atoms with van der Waals surface area (Å²) in [4.78, 5) is 10.5. The van der Waals surface area contributed by atoms with Crippen LogP contribution in [0.4, 0.5) is 10.8 Å². The third-order valence-electron chi connectivity index (χ3n) is 3.84. The number of aromatic nitrogens is 1. The van der Waals surface area contributed by atoms with E-state index in [1.807, 2.05) is 11.6 Å². The van der Waals surface area contributed by atoms with Crippen molar-refractivity contribution in [3.63, 3.8) is 0 Å². The fraction of sp³-hybridized carbons (Fsp3) is 0.400. The van der Waals surface area contributed by atoms with E-state index >= 15 is 0 Å². The van der Waals surface area contributed by atoms with Crippen molar-refractivity contribution in [1.29, 1.82) is 0 Å². The second-order valence-electron chi connectivity index (χ2n) is 4.95. The number of thiazole rings is 1. The fourth-order valence-corrected chi connectivity index (χ4v) is 4.10. The average molecular weight is 320 g/mol. The van der Waals surface area contributed by atoms with E-state index in [0.717, 1.165) is 31.3 Å². The molecule has 21 heavy (non-hydrogen) atoms. The largest absolute Gasteiger partial charge is 0.368 e. The lowest BCUT2D eigenvalue weighted by Crippen LogP contribution is -2.46. The van der Waals surface area contributed by atoms with Gasteiger partial charge in [-0.2, -0.15) is 0 Å². The van der Waals surface area contributed by atoms with Crippen molar-refractivity contribution < 1.29 is 0 Å². The van der Waals surface area contributed by atoms with Gasteiger partial charge in [0.15, 0.2) is 5.13 Å². The highest BCUT2D eigenvalue weighted by Gasteiger charge is 2.21. The Kier molecular flexibility index (Phi) is 4.67. The number of rotatable bonds is 4. The Bertz CT molecular complexity index is 577. The minimum Gasteiger partial charge on any atom is -0.368 e. The van der Waals surface area contributed by atoms with Crippen LogP contribution in [0.5, 0.6) is 0 Å². The normalized spacial score (nSPS) is 15.5. The predicted molar refractivity (Wildman–Crippen MR) is 92.7 cm³/mol. The highest BCUT2D eigenvalue weighted by Crippen LogP contribution is 2.30. The highest BCUT2D eigenvalue weighted by molar-refractivity contribution is 7.98. The molecule has 3 rings (SSSR count). The number of anilines is 2. The smallest absolute Gasteiger partial charge is 0.185 e. The molecule has 112 valence electrons. The monoisotopic (exact) mass is 320 g/mol. The van der Waals surface area contributed by atoms with E-state index in [9.17, 15) is 0 Å². The lowest BCUT2D eigenvalue weighted by Gasteiger charge is -2.37. The number of hydrogen-bond acceptors (Lipinski definition) is 6. The molecule has 1 aliphatic rings. The van der Waals surface area contributed by atoms with Crippen LogP contribution in [-0.4, -0.2) is 37.4 Å². The second kappa shape index (κ2) is 6.68. The van der Waals surface area contributed by atoms with E-state index in [1.54, 1.807) is 23.1 Å². The number of piperazine rings is 1. The van der Waals surface area contributed by atoms with Gasteiger partial charge in [0.25, 0.3) is 0 Å². The van der Waals surface area contributed by atoms with E-state index < -0.39 is 0 Å². The number of nitrogens with zero attached hydrogens (tertiary/aromatic N) is 3. The van der Waals surface area contributed by atoms with Gasteiger partial charge < -0.3 is 15.5 Å². The molecule has 0 unspecified atom stereocenters. The first kappa shape index (κ1) is 14.7. The van der Waals surface area contributed by atoms with Gasteiger partial charge in [-0.15, -0.1) is 23.1 Å². The molecule has 0 spiro atoms. The van der Waals surface area contributed by atoms with Crippen LogP contribution in [0.1, 0.15) is 5.56 Å². The van der Waals surface area contributed by atoms with Crippen LogP contribution >= 0.6 is 23.1 Å². The number of hydrogen-bond donors (Lipinski definition) is 1. The van der Waals surface area contributed by atoms with Crippen LogP contribution in [0.2, 0.25) is 0 Å². The van der Waals surface area contributed by atoms with Crippen molar-refractivity contribution >= 4 is 33.9 Å². The van der Waals surface area contributed by atoms with Crippen LogP contribution in [0.3, 0.4) is 0 Å². The Morgan fingerprint density at radius 3 is 2.62 bits per heavy atom. The van der Waals surface area contributed by atoms with Crippen molar-refractivity contribution in [3.05, 3.63) is 35.3 Å². The number of thioether (sulfide) groups is 1. The standard InChI is InChI=1S/C15H20N4S2/c1-20-14-4-2-3-13(12(14)11-16)18-6-8-19(9-7-18)15-17-5-10-21-15/h2-5,10H,6-9,11,16H2,1H3. The first-order valence-corrected chi connectivity index (χ1v) is 9.19. The van der Waals surface area contributed by atoms with E-state index in [2.05, 4.69) is 39.2 Å². The Morgan fingerprint density at radius 2 is 2.00 bits per heavy atom. The molecule has 4 nitrogen and oxygen atoms in total. The van der Waals surface area contributed by atoms with E-state index in [4.69, 9.17) is 5.73 Å². The van der Waals surface area contributed by atoms with Crippen LogP contribution in [0, 0.1) is 0 Å². The maximum atomic E-state index is 5.98. The predicted octanol–water partition coefficient (Wildman–Crippen LogP) is 2.65. The Balaban J connectivity index is 1.75. The Morgan fingerprint density at radius 1 is 1.24 bits per heavy atom. The molecule has 1 aromatic carbocycles. The summed E-state index contributed by atoms with van der Waals surface area (Å²) in [6.45, 7) is 4.66. The maximum absolute atomic E-state index is 5.98. The minimum absolute atomic E-state index is 0.596. The van der Waals surface area contributed by atoms with Gasteiger partial charge in [0, 0.05) is 60.4 Å². The number of benzene rings is 1. The third kappa shape index (κ3) is 3.02. The van der Waals surface area contributed by atoms with Crippen LogP contribution in [-0.2, 0) is 6.54 Å². The van der Waals surface area contributed by atoms with Gasteiger partial charge in [0.05, 0.1) is 0 Å². The lowest BCUT2D eigenvalue weighted by molar-refractivity contribution is 0.649. The molecule has 2 N–H and O–H groups in total. The van der Waals surface area contributed by atoms with Crippen molar-refractivity contribution in [2.24, 2.45) is 5.73 Å². The molecule has 1 fully saturated rings. The van der Waals surface area contributed by atoms with Crippen molar-refractivity contribution in [3.8, 4) is 0 Å². The summed E-state index contributed by atoms with van der Waals surface area (Å²) in [5, 5.41) is 3.17. The SMILES string of the molecule is CSc1cccc(N2CCN(c3nccs3)CC2)c1CN. The molecule has 0 saturated carbocycles. The Labute approximate surface area is 134 Å². The first-order chi connectivity index (χ1) is 10.3. The van der Waals surface area contributed by atoms with Crippen LogP contribution in [0.25, 0.3) is 0 Å². The summed E-state index contributed by atoms with van der Waals surface area (Å²) < 4.78 is 0. The summed E-state index contributed by atoms with van der Waals surface area (Å²) in [5.74, 6) is 0. The first-order valence-electron chi connectivity index (χ1n) is 7.09. The number of nitrogens with two attached hydrogens (primary N) is 1. The quantitative estimate of drug-likeness (QED) is 0.878.